The van der Waals surface area contributed by atoms with E-state index in [1.165, 1.54) is 12.1 Å². The van der Waals surface area contributed by atoms with Gasteiger partial charge >= 0.3 is 0 Å². The molecule has 0 fully saturated rings. The lowest BCUT2D eigenvalue weighted by Crippen LogP contribution is -2.44. The number of carbonyl (C=O) groups excluding carboxylic acids is 2. The van der Waals surface area contributed by atoms with Crippen molar-refractivity contribution in [1.82, 2.24) is 0 Å². The molecule has 1 unspecified atom stereocenters. The molecule has 2 aliphatic rings. The molecule has 1 N–H and O–H groups in total. The Kier molecular flexibility index (Phi) is 4.89. The van der Waals surface area contributed by atoms with E-state index in [0.717, 1.165) is 5.56 Å². The van der Waals surface area contributed by atoms with Crippen molar-refractivity contribution in [2.24, 2.45) is 0 Å². The molecule has 2 aliphatic heterocycles. The molecule has 0 saturated heterocycles. The van der Waals surface area contributed by atoms with Crippen LogP contribution in [-0.4, -0.2) is 24.7 Å². The highest BCUT2D eigenvalue weighted by atomic mass is 19.1. The first-order valence-electron chi connectivity index (χ1n) is 10.1. The van der Waals surface area contributed by atoms with E-state index in [1.54, 1.807) is 60.4 Å². The third kappa shape index (κ3) is 3.71. The summed E-state index contributed by atoms with van der Waals surface area (Å²) in [6.45, 7) is 2.05. The maximum Gasteiger partial charge on any atom is 0.268 e. The second-order valence-corrected chi connectivity index (χ2v) is 7.52. The summed E-state index contributed by atoms with van der Waals surface area (Å²) in [6, 6.07) is 16.0. The van der Waals surface area contributed by atoms with E-state index >= 15 is 0 Å². The van der Waals surface area contributed by atoms with Crippen LogP contribution in [-0.2, 0) is 11.3 Å². The zero-order chi connectivity index (χ0) is 22.2. The van der Waals surface area contributed by atoms with Crippen LogP contribution in [0.15, 0.2) is 60.7 Å². The summed E-state index contributed by atoms with van der Waals surface area (Å²) >= 11 is 0. The Morgan fingerprint density at radius 2 is 1.78 bits per heavy atom. The second kappa shape index (κ2) is 7.88. The van der Waals surface area contributed by atoms with Crippen molar-refractivity contribution < 1.29 is 28.2 Å². The standard InChI is InChI=1S/C24H19FN2O5/c1-14-24(29)27(12-15-2-5-17(25)6-3-15)19-11-18(7-9-20(19)32-14)26-23(28)16-4-8-21-22(10-16)31-13-30-21/h2-11,14H,12-13H2,1H3,(H,26,28). The molecule has 0 radical (unpaired) electrons. The minimum absolute atomic E-state index is 0.127. The molecule has 2 amide bonds. The summed E-state index contributed by atoms with van der Waals surface area (Å²) in [5.41, 5.74) is 2.22. The van der Waals surface area contributed by atoms with E-state index in [1.807, 2.05) is 0 Å². The summed E-state index contributed by atoms with van der Waals surface area (Å²) in [6.07, 6.45) is -0.656. The highest BCUT2D eigenvalue weighted by Crippen LogP contribution is 2.38. The van der Waals surface area contributed by atoms with Crippen LogP contribution in [0.25, 0.3) is 0 Å². The van der Waals surface area contributed by atoms with E-state index < -0.39 is 6.10 Å². The first-order chi connectivity index (χ1) is 15.5. The molecule has 0 spiro atoms. The fourth-order valence-electron chi connectivity index (χ4n) is 3.66. The first-order valence-corrected chi connectivity index (χ1v) is 10.1. The molecular weight excluding hydrogens is 415 g/mol. The van der Waals surface area contributed by atoms with Crippen LogP contribution in [0.5, 0.6) is 17.2 Å². The number of anilines is 2. The number of ether oxygens (including phenoxy) is 3. The topological polar surface area (TPSA) is 77.1 Å². The molecule has 5 rings (SSSR count). The smallest absolute Gasteiger partial charge is 0.268 e. The molecule has 2 heterocycles. The van der Waals surface area contributed by atoms with Gasteiger partial charge in [-0.05, 0) is 61.0 Å². The van der Waals surface area contributed by atoms with Crippen LogP contribution >= 0.6 is 0 Å². The van der Waals surface area contributed by atoms with Gasteiger partial charge in [-0.15, -0.1) is 0 Å². The number of halogens is 1. The summed E-state index contributed by atoms with van der Waals surface area (Å²) in [7, 11) is 0. The van der Waals surface area contributed by atoms with Gasteiger partial charge in [0, 0.05) is 11.3 Å². The van der Waals surface area contributed by atoms with Gasteiger partial charge in [0.25, 0.3) is 11.8 Å². The molecule has 0 bridgehead atoms. The number of amides is 2. The van der Waals surface area contributed by atoms with Gasteiger partial charge < -0.3 is 24.4 Å². The fourth-order valence-corrected chi connectivity index (χ4v) is 3.66. The monoisotopic (exact) mass is 434 g/mol. The minimum atomic E-state index is -0.656. The summed E-state index contributed by atoms with van der Waals surface area (Å²) in [4.78, 5) is 27.2. The van der Waals surface area contributed by atoms with Gasteiger partial charge in [-0.2, -0.15) is 0 Å². The Morgan fingerprint density at radius 3 is 2.59 bits per heavy atom. The number of carbonyl (C=O) groups is 2. The number of benzene rings is 3. The lowest BCUT2D eigenvalue weighted by Gasteiger charge is -2.33. The Labute approximate surface area is 183 Å². The number of hydrogen-bond acceptors (Lipinski definition) is 5. The molecule has 32 heavy (non-hydrogen) atoms. The number of nitrogens with zero attached hydrogens (tertiary/aromatic N) is 1. The van der Waals surface area contributed by atoms with Crippen LogP contribution in [0.2, 0.25) is 0 Å². The Morgan fingerprint density at radius 1 is 1.03 bits per heavy atom. The van der Waals surface area contributed by atoms with Crippen LogP contribution in [0.1, 0.15) is 22.8 Å². The highest BCUT2D eigenvalue weighted by molar-refractivity contribution is 6.06. The van der Waals surface area contributed by atoms with Gasteiger partial charge in [0.2, 0.25) is 6.79 Å². The number of nitrogens with one attached hydrogen (secondary N) is 1. The van der Waals surface area contributed by atoms with E-state index in [-0.39, 0.29) is 31.0 Å². The van der Waals surface area contributed by atoms with Crippen molar-refractivity contribution in [2.45, 2.75) is 19.6 Å². The van der Waals surface area contributed by atoms with Crippen LogP contribution in [0.4, 0.5) is 15.8 Å². The molecule has 0 aromatic heterocycles. The second-order valence-electron chi connectivity index (χ2n) is 7.52. The first kappa shape index (κ1) is 19.9. The molecule has 8 heteroatoms. The quantitative estimate of drug-likeness (QED) is 0.669. The molecule has 3 aromatic rings. The predicted octanol–water partition coefficient (Wildman–Crippen LogP) is 4.12. The van der Waals surface area contributed by atoms with Gasteiger partial charge in [0.05, 0.1) is 12.2 Å². The molecule has 7 nitrogen and oxygen atoms in total. The van der Waals surface area contributed by atoms with Crippen molar-refractivity contribution in [2.75, 3.05) is 17.0 Å². The Bertz CT molecular complexity index is 1210. The highest BCUT2D eigenvalue weighted by Gasteiger charge is 2.32. The van der Waals surface area contributed by atoms with E-state index in [4.69, 9.17) is 14.2 Å². The fraction of sp³-hybridized carbons (Fsp3) is 0.167. The van der Waals surface area contributed by atoms with Gasteiger partial charge in [0.15, 0.2) is 17.6 Å². The Balaban J connectivity index is 1.41. The van der Waals surface area contributed by atoms with Gasteiger partial charge in [0.1, 0.15) is 11.6 Å². The summed E-state index contributed by atoms with van der Waals surface area (Å²) < 4.78 is 29.6. The molecule has 0 saturated carbocycles. The number of hydrogen-bond donors (Lipinski definition) is 1. The molecule has 162 valence electrons. The normalized spacial score (nSPS) is 16.4. The van der Waals surface area contributed by atoms with Crippen LogP contribution in [0.3, 0.4) is 0 Å². The van der Waals surface area contributed by atoms with Gasteiger partial charge in [-0.1, -0.05) is 12.1 Å². The van der Waals surface area contributed by atoms with Crippen molar-refractivity contribution in [3.05, 3.63) is 77.6 Å². The maximum absolute atomic E-state index is 13.3. The maximum atomic E-state index is 13.3. The SMILES string of the molecule is CC1Oc2ccc(NC(=O)c3ccc4c(c3)OCO4)cc2N(Cc2ccc(F)cc2)C1=O. The Hall–Kier alpha value is -4.07. The van der Waals surface area contributed by atoms with Crippen LogP contribution in [0, 0.1) is 5.82 Å². The zero-order valence-electron chi connectivity index (χ0n) is 17.1. The molecule has 0 aliphatic carbocycles. The number of fused-ring (bicyclic) bond motifs is 2. The third-order valence-electron chi connectivity index (χ3n) is 5.31. The minimum Gasteiger partial charge on any atom is -0.479 e. The van der Waals surface area contributed by atoms with E-state index in [9.17, 15) is 14.0 Å². The predicted molar refractivity (Wildman–Crippen MR) is 115 cm³/mol. The number of rotatable bonds is 4. The molecular formula is C24H19FN2O5. The average Bonchev–Trinajstić information content (AvgIpc) is 3.26. The third-order valence-corrected chi connectivity index (χ3v) is 5.31. The van der Waals surface area contributed by atoms with Crippen molar-refractivity contribution in [1.29, 1.82) is 0 Å². The lowest BCUT2D eigenvalue weighted by molar-refractivity contribution is -0.125. The summed E-state index contributed by atoms with van der Waals surface area (Å²) in [5.74, 6) is 0.744. The molecule has 1 atom stereocenters. The van der Waals surface area contributed by atoms with Crippen LogP contribution < -0.4 is 24.4 Å². The average molecular weight is 434 g/mol. The largest absolute Gasteiger partial charge is 0.479 e. The van der Waals surface area contributed by atoms with Crippen molar-refractivity contribution in [3.63, 3.8) is 0 Å². The summed E-state index contributed by atoms with van der Waals surface area (Å²) in [5, 5.41) is 2.84. The van der Waals surface area contributed by atoms with Gasteiger partial charge in [-0.3, -0.25) is 9.59 Å². The van der Waals surface area contributed by atoms with Crippen molar-refractivity contribution >= 4 is 23.2 Å². The zero-order valence-corrected chi connectivity index (χ0v) is 17.1. The van der Waals surface area contributed by atoms with E-state index in [2.05, 4.69) is 5.32 Å². The molecule has 3 aromatic carbocycles. The van der Waals surface area contributed by atoms with E-state index in [0.29, 0.717) is 34.2 Å². The van der Waals surface area contributed by atoms with Crippen molar-refractivity contribution in [3.8, 4) is 17.2 Å². The van der Waals surface area contributed by atoms with Gasteiger partial charge in [-0.25, -0.2) is 4.39 Å². The lowest BCUT2D eigenvalue weighted by atomic mass is 10.1.